The van der Waals surface area contributed by atoms with Gasteiger partial charge >= 0.3 is 0 Å². The molecule has 1 aliphatic carbocycles. The third kappa shape index (κ3) is 4.65. The Kier molecular flexibility index (Phi) is 5.79. The predicted molar refractivity (Wildman–Crippen MR) is 94.4 cm³/mol. The molecule has 1 unspecified atom stereocenters. The topological polar surface area (TPSA) is 72.1 Å². The van der Waals surface area contributed by atoms with E-state index < -0.39 is 0 Å². The fraction of sp³-hybridized carbons (Fsp3) is 0.579. The number of rotatable bonds is 6. The molecule has 0 radical (unpaired) electrons. The summed E-state index contributed by atoms with van der Waals surface area (Å²) in [6, 6.07) is 3.70. The highest BCUT2D eigenvalue weighted by Gasteiger charge is 2.24. The van der Waals surface area contributed by atoms with Crippen LogP contribution in [0, 0.1) is 11.8 Å². The van der Waals surface area contributed by atoms with E-state index in [1.807, 2.05) is 12.1 Å². The molecule has 2 aromatic heterocycles. The molecule has 0 spiro atoms. The fourth-order valence-electron chi connectivity index (χ4n) is 3.52. The highest BCUT2D eigenvalue weighted by molar-refractivity contribution is 5.76. The van der Waals surface area contributed by atoms with Gasteiger partial charge in [0.15, 0.2) is 0 Å². The maximum absolute atomic E-state index is 12.5. The number of amides is 1. The molecule has 1 amide bonds. The lowest BCUT2D eigenvalue weighted by atomic mass is 9.79. The summed E-state index contributed by atoms with van der Waals surface area (Å²) in [6.07, 6.45) is 10.4. The summed E-state index contributed by atoms with van der Waals surface area (Å²) in [5.41, 5.74) is 0.803. The van der Waals surface area contributed by atoms with Crippen LogP contribution in [0.3, 0.4) is 0 Å². The summed E-state index contributed by atoms with van der Waals surface area (Å²) in [5.74, 6) is 2.20. The molecular formula is C19H26N4O2. The summed E-state index contributed by atoms with van der Waals surface area (Å²) in [4.78, 5) is 22.6. The van der Waals surface area contributed by atoms with Crippen LogP contribution >= 0.6 is 0 Å². The maximum atomic E-state index is 12.5. The molecule has 3 rings (SSSR count). The van der Waals surface area contributed by atoms with Crippen molar-refractivity contribution in [3.63, 3.8) is 0 Å². The minimum Gasteiger partial charge on any atom is -0.337 e. The number of carbonyl (C=O) groups excluding carboxylic acids is 1. The van der Waals surface area contributed by atoms with Crippen molar-refractivity contribution in [1.82, 2.24) is 20.0 Å². The Bertz CT molecular complexity index is 680. The number of hydrogen-bond acceptors (Lipinski definition) is 5. The van der Waals surface area contributed by atoms with Crippen molar-refractivity contribution in [2.45, 2.75) is 52.0 Å². The summed E-state index contributed by atoms with van der Waals surface area (Å²) >= 11 is 0. The van der Waals surface area contributed by atoms with Crippen molar-refractivity contribution in [3.05, 3.63) is 30.4 Å². The van der Waals surface area contributed by atoms with Gasteiger partial charge in [0.25, 0.3) is 0 Å². The van der Waals surface area contributed by atoms with Gasteiger partial charge in [-0.25, -0.2) is 0 Å². The first-order valence-electron chi connectivity index (χ1n) is 9.10. The molecule has 0 aliphatic heterocycles. The van der Waals surface area contributed by atoms with Crippen LogP contribution in [-0.2, 0) is 11.3 Å². The SMILES string of the molecule is CC(CC(=O)N(C)Cc1nc(-c2cccnc2)no1)C1CCCCC1. The van der Waals surface area contributed by atoms with Crippen LogP contribution in [0.15, 0.2) is 29.0 Å². The van der Waals surface area contributed by atoms with Crippen LogP contribution in [0.25, 0.3) is 11.4 Å². The maximum Gasteiger partial charge on any atom is 0.246 e. The van der Waals surface area contributed by atoms with Gasteiger partial charge in [-0.2, -0.15) is 4.98 Å². The zero-order chi connectivity index (χ0) is 17.6. The smallest absolute Gasteiger partial charge is 0.246 e. The average Bonchev–Trinajstić information content (AvgIpc) is 3.11. The minimum absolute atomic E-state index is 0.138. The minimum atomic E-state index is 0.138. The lowest BCUT2D eigenvalue weighted by Gasteiger charge is -2.28. The third-order valence-electron chi connectivity index (χ3n) is 5.14. The summed E-state index contributed by atoms with van der Waals surface area (Å²) in [5, 5.41) is 3.97. The van der Waals surface area contributed by atoms with Gasteiger partial charge < -0.3 is 9.42 Å². The zero-order valence-electron chi connectivity index (χ0n) is 15.0. The Balaban J connectivity index is 1.54. The molecule has 0 bridgehead atoms. The van der Waals surface area contributed by atoms with E-state index >= 15 is 0 Å². The van der Waals surface area contributed by atoms with Crippen LogP contribution in [0.4, 0.5) is 0 Å². The normalized spacial score (nSPS) is 16.6. The summed E-state index contributed by atoms with van der Waals surface area (Å²) in [7, 11) is 1.80. The first-order valence-corrected chi connectivity index (χ1v) is 9.10. The van der Waals surface area contributed by atoms with Crippen molar-refractivity contribution >= 4 is 5.91 Å². The van der Waals surface area contributed by atoms with Crippen molar-refractivity contribution in [3.8, 4) is 11.4 Å². The van der Waals surface area contributed by atoms with Gasteiger partial charge in [0.05, 0.1) is 6.54 Å². The second-order valence-electron chi connectivity index (χ2n) is 7.08. The Morgan fingerprint density at radius 2 is 2.16 bits per heavy atom. The van der Waals surface area contributed by atoms with Crippen LogP contribution in [-0.4, -0.2) is 33.0 Å². The summed E-state index contributed by atoms with van der Waals surface area (Å²) in [6.45, 7) is 2.54. The molecule has 0 saturated heterocycles. The van der Waals surface area contributed by atoms with Gasteiger partial charge in [-0.1, -0.05) is 44.2 Å². The van der Waals surface area contributed by atoms with E-state index in [9.17, 15) is 4.79 Å². The third-order valence-corrected chi connectivity index (χ3v) is 5.14. The standard InChI is InChI=1S/C19H26N4O2/c1-14(15-7-4-3-5-8-15)11-18(24)23(2)13-17-21-19(22-25-17)16-9-6-10-20-12-16/h6,9-10,12,14-15H,3-5,7-8,11,13H2,1-2H3. The first kappa shape index (κ1) is 17.6. The van der Waals surface area contributed by atoms with Crippen LogP contribution < -0.4 is 0 Å². The molecule has 1 saturated carbocycles. The number of pyridine rings is 1. The molecule has 2 aromatic rings. The first-order chi connectivity index (χ1) is 12.1. The molecule has 25 heavy (non-hydrogen) atoms. The van der Waals surface area contributed by atoms with Gasteiger partial charge in [-0.3, -0.25) is 9.78 Å². The summed E-state index contributed by atoms with van der Waals surface area (Å²) < 4.78 is 5.28. The molecule has 1 fully saturated rings. The van der Waals surface area contributed by atoms with E-state index in [-0.39, 0.29) is 5.91 Å². The number of aromatic nitrogens is 3. The molecule has 6 nitrogen and oxygen atoms in total. The van der Waals surface area contributed by atoms with Gasteiger partial charge in [-0.15, -0.1) is 0 Å². The Morgan fingerprint density at radius 3 is 2.88 bits per heavy atom. The van der Waals surface area contributed by atoms with E-state index in [1.165, 1.54) is 32.1 Å². The predicted octanol–water partition coefficient (Wildman–Crippen LogP) is 3.70. The molecular weight excluding hydrogens is 316 g/mol. The van der Waals surface area contributed by atoms with Crippen molar-refractivity contribution in [2.75, 3.05) is 7.05 Å². The van der Waals surface area contributed by atoms with Crippen LogP contribution in [0.1, 0.15) is 51.3 Å². The van der Waals surface area contributed by atoms with Gasteiger partial charge in [0.1, 0.15) is 0 Å². The molecule has 134 valence electrons. The van der Waals surface area contributed by atoms with Gasteiger partial charge in [0.2, 0.25) is 17.6 Å². The second kappa shape index (κ2) is 8.23. The van der Waals surface area contributed by atoms with Crippen LogP contribution in [0.5, 0.6) is 0 Å². The molecule has 6 heteroatoms. The Morgan fingerprint density at radius 1 is 1.36 bits per heavy atom. The zero-order valence-corrected chi connectivity index (χ0v) is 15.0. The highest BCUT2D eigenvalue weighted by Crippen LogP contribution is 2.31. The van der Waals surface area contributed by atoms with Gasteiger partial charge in [-0.05, 0) is 24.0 Å². The Labute approximate surface area is 148 Å². The van der Waals surface area contributed by atoms with E-state index in [4.69, 9.17) is 4.52 Å². The number of carbonyl (C=O) groups is 1. The molecule has 0 N–H and O–H groups in total. The number of hydrogen-bond donors (Lipinski definition) is 0. The molecule has 1 aliphatic rings. The average molecular weight is 342 g/mol. The van der Waals surface area contributed by atoms with Crippen molar-refractivity contribution < 1.29 is 9.32 Å². The van der Waals surface area contributed by atoms with Crippen LogP contribution in [0.2, 0.25) is 0 Å². The molecule has 1 atom stereocenters. The molecule has 0 aromatic carbocycles. The van der Waals surface area contributed by atoms with Crippen molar-refractivity contribution in [1.29, 1.82) is 0 Å². The fourth-order valence-corrected chi connectivity index (χ4v) is 3.52. The number of nitrogens with zero attached hydrogens (tertiary/aromatic N) is 4. The largest absolute Gasteiger partial charge is 0.337 e. The van der Waals surface area contributed by atoms with Gasteiger partial charge in [0, 0.05) is 31.4 Å². The Hall–Kier alpha value is -2.24. The quantitative estimate of drug-likeness (QED) is 0.800. The second-order valence-corrected chi connectivity index (χ2v) is 7.08. The lowest BCUT2D eigenvalue weighted by molar-refractivity contribution is -0.132. The van der Waals surface area contributed by atoms with E-state index in [2.05, 4.69) is 22.0 Å². The van der Waals surface area contributed by atoms with E-state index in [0.29, 0.717) is 36.5 Å². The lowest BCUT2D eigenvalue weighted by Crippen LogP contribution is -2.29. The van der Waals surface area contributed by atoms with E-state index in [1.54, 1.807) is 24.3 Å². The molecule has 2 heterocycles. The monoisotopic (exact) mass is 342 g/mol. The highest BCUT2D eigenvalue weighted by atomic mass is 16.5. The van der Waals surface area contributed by atoms with Crippen molar-refractivity contribution in [2.24, 2.45) is 11.8 Å². The van der Waals surface area contributed by atoms with E-state index in [0.717, 1.165) is 5.56 Å².